The number of fused-ring (bicyclic) bond motifs is 9. The van der Waals surface area contributed by atoms with Gasteiger partial charge < -0.3 is 14.2 Å². The minimum absolute atomic E-state index is 0.0264. The summed E-state index contributed by atoms with van der Waals surface area (Å²) in [6.45, 7) is 6.84. The first-order valence-corrected chi connectivity index (χ1v) is 23.7. The number of rotatable bonds is 8. The van der Waals surface area contributed by atoms with E-state index in [1.54, 1.807) is 0 Å². The molecule has 10 aromatic carbocycles. The third-order valence-electron chi connectivity index (χ3n) is 14.8. The van der Waals surface area contributed by atoms with Crippen LogP contribution in [0, 0.1) is 6.92 Å². The lowest BCUT2D eigenvalue weighted by Gasteiger charge is -2.27. The van der Waals surface area contributed by atoms with Crippen molar-refractivity contribution in [2.75, 3.05) is 16.8 Å². The largest absolute Gasteiger partial charge is 0.344 e. The van der Waals surface area contributed by atoms with Crippen molar-refractivity contribution in [3.8, 4) is 44.5 Å². The highest BCUT2D eigenvalue weighted by Crippen LogP contribution is 2.51. The molecule has 0 saturated carbocycles. The number of nitrogens with zero attached hydrogens (tertiary/aromatic N) is 3. The maximum Gasteiger partial charge on any atom is 0.0621 e. The molecule has 13 rings (SSSR count). The van der Waals surface area contributed by atoms with Crippen LogP contribution in [0.25, 0.3) is 82.6 Å². The summed E-state index contributed by atoms with van der Waals surface area (Å²) in [4.78, 5) is 4.76. The van der Waals surface area contributed by atoms with Gasteiger partial charge in [-0.15, -0.1) is 0 Å². The van der Waals surface area contributed by atoms with Gasteiger partial charge in [-0.25, -0.2) is 0 Å². The first-order valence-electron chi connectivity index (χ1n) is 23.7. The molecule has 0 N–H and O–H groups in total. The maximum atomic E-state index is 2.47. The van der Waals surface area contributed by atoms with Gasteiger partial charge in [0.15, 0.2) is 0 Å². The minimum atomic E-state index is -0.0264. The van der Waals surface area contributed by atoms with E-state index in [-0.39, 0.29) is 5.41 Å². The lowest BCUT2D eigenvalue weighted by molar-refractivity contribution is 0.660. The van der Waals surface area contributed by atoms with Crippen molar-refractivity contribution in [2.24, 2.45) is 0 Å². The number of para-hydroxylation sites is 3. The van der Waals surface area contributed by atoms with E-state index in [4.69, 9.17) is 0 Å². The van der Waals surface area contributed by atoms with Crippen LogP contribution in [0.1, 0.15) is 30.5 Å². The van der Waals surface area contributed by atoms with Crippen LogP contribution >= 0.6 is 0 Å². The molecule has 0 aliphatic heterocycles. The summed E-state index contributed by atoms with van der Waals surface area (Å²) in [6.07, 6.45) is 0. The number of anilines is 5. The number of hydrogen-bond acceptors (Lipinski definition) is 2. The van der Waals surface area contributed by atoms with Crippen molar-refractivity contribution in [3.63, 3.8) is 0 Å². The van der Waals surface area contributed by atoms with Gasteiger partial charge in [0.2, 0.25) is 0 Å². The Morgan fingerprint density at radius 2 is 0.971 bits per heavy atom. The van der Waals surface area contributed by atoms with Gasteiger partial charge in [-0.1, -0.05) is 177 Å². The summed E-state index contributed by atoms with van der Waals surface area (Å²) in [5.74, 6) is 0. The lowest BCUT2D eigenvalue weighted by atomic mass is 9.82. The fourth-order valence-electron chi connectivity index (χ4n) is 11.4. The Balaban J connectivity index is 0.972. The predicted octanol–water partition coefficient (Wildman–Crippen LogP) is 17.7. The molecule has 1 aliphatic carbocycles. The highest BCUT2D eigenvalue weighted by atomic mass is 15.1. The molecule has 0 radical (unpaired) electrons. The topological polar surface area (TPSA) is 10.9 Å². The SMILES string of the molecule is Cc1ccc(-c2c(-c3ccc(N(c4ccc(-c5ccc6c(c5)-c5ccccc5C6(C)C)cc4)c4cccc5c4c4cccc6c7ccccc7n5c64)cc3)cccc2N(C)c2ccccc2)cc1. The van der Waals surface area contributed by atoms with Crippen LogP contribution < -0.4 is 9.80 Å². The fourth-order valence-corrected chi connectivity index (χ4v) is 11.4. The van der Waals surface area contributed by atoms with Crippen LogP contribution in [-0.2, 0) is 5.41 Å². The second-order valence-corrected chi connectivity index (χ2v) is 19.0. The van der Waals surface area contributed by atoms with Crippen molar-refractivity contribution in [1.29, 1.82) is 0 Å². The molecule has 324 valence electrons. The lowest BCUT2D eigenvalue weighted by Crippen LogP contribution is -2.14. The Morgan fingerprint density at radius 3 is 1.76 bits per heavy atom. The van der Waals surface area contributed by atoms with Gasteiger partial charge in [0.25, 0.3) is 0 Å². The molecule has 0 saturated heterocycles. The molecular formula is C65H49N3. The summed E-state index contributed by atoms with van der Waals surface area (Å²) >= 11 is 0. The number of benzene rings is 10. The average molecular weight is 872 g/mol. The van der Waals surface area contributed by atoms with Crippen molar-refractivity contribution in [1.82, 2.24) is 4.40 Å². The molecule has 3 nitrogen and oxygen atoms in total. The van der Waals surface area contributed by atoms with Gasteiger partial charge in [0, 0.05) is 62.3 Å². The van der Waals surface area contributed by atoms with E-state index in [0.717, 1.165) is 34.0 Å². The molecular weight excluding hydrogens is 823 g/mol. The van der Waals surface area contributed by atoms with Crippen molar-refractivity contribution >= 4 is 66.5 Å². The number of aromatic nitrogens is 1. The summed E-state index contributed by atoms with van der Waals surface area (Å²) < 4.78 is 2.47. The third-order valence-corrected chi connectivity index (χ3v) is 14.8. The van der Waals surface area contributed by atoms with Gasteiger partial charge >= 0.3 is 0 Å². The minimum Gasteiger partial charge on any atom is -0.344 e. The third kappa shape index (κ3) is 6.05. The van der Waals surface area contributed by atoms with E-state index in [2.05, 4.69) is 266 Å². The smallest absolute Gasteiger partial charge is 0.0621 e. The Hall–Kier alpha value is -8.40. The average Bonchev–Trinajstić information content (AvgIpc) is 4.00. The monoisotopic (exact) mass is 871 g/mol. The first kappa shape index (κ1) is 39.9. The second-order valence-electron chi connectivity index (χ2n) is 19.0. The normalized spacial score (nSPS) is 12.8. The molecule has 68 heavy (non-hydrogen) atoms. The highest BCUT2D eigenvalue weighted by molar-refractivity contribution is 6.26. The zero-order valence-electron chi connectivity index (χ0n) is 38.7. The molecule has 0 unspecified atom stereocenters. The maximum absolute atomic E-state index is 2.47. The molecule has 2 aromatic heterocycles. The first-order chi connectivity index (χ1) is 33.3. The van der Waals surface area contributed by atoms with Gasteiger partial charge in [0.05, 0.1) is 22.2 Å². The van der Waals surface area contributed by atoms with E-state index < -0.39 is 0 Å². The van der Waals surface area contributed by atoms with E-state index in [9.17, 15) is 0 Å². The Labute approximate surface area is 397 Å². The van der Waals surface area contributed by atoms with E-state index in [0.29, 0.717) is 0 Å². The highest BCUT2D eigenvalue weighted by Gasteiger charge is 2.35. The standard InChI is InChI=1S/C65H49N3/c1-42-27-29-45(30-28-42)62-50(19-13-24-59(62)66(4)47-15-6-5-7-16-47)44-33-38-49(39-34-44)67(60-25-14-26-61-63(60)54-21-12-20-53-52-18-9-11-23-58(52)68(61)64(53)54)48-36-31-43(32-37-48)46-35-40-57-55(41-46)51-17-8-10-22-56(51)65(57,2)3/h5-41H,1-4H3. The zero-order chi connectivity index (χ0) is 45.7. The van der Waals surface area contributed by atoms with Crippen LogP contribution in [0.2, 0.25) is 0 Å². The summed E-state index contributed by atoms with van der Waals surface area (Å²) in [5.41, 5.74) is 23.2. The van der Waals surface area contributed by atoms with Crippen LogP contribution in [0.3, 0.4) is 0 Å². The van der Waals surface area contributed by atoms with Crippen LogP contribution in [-0.4, -0.2) is 11.4 Å². The van der Waals surface area contributed by atoms with Gasteiger partial charge in [0.1, 0.15) is 0 Å². The Kier molecular flexibility index (Phi) is 9.00. The fraction of sp³-hybridized carbons (Fsp3) is 0.0769. The van der Waals surface area contributed by atoms with E-state index >= 15 is 0 Å². The van der Waals surface area contributed by atoms with Gasteiger partial charge in [-0.3, -0.25) is 0 Å². The van der Waals surface area contributed by atoms with Crippen molar-refractivity contribution < 1.29 is 0 Å². The molecule has 0 fully saturated rings. The molecule has 0 amide bonds. The number of aryl methyl sites for hydroxylation is 1. The zero-order valence-corrected chi connectivity index (χ0v) is 38.7. The van der Waals surface area contributed by atoms with Crippen LogP contribution in [0.5, 0.6) is 0 Å². The van der Waals surface area contributed by atoms with Crippen molar-refractivity contribution in [3.05, 3.63) is 241 Å². The number of hydrogen-bond donors (Lipinski definition) is 0. The van der Waals surface area contributed by atoms with E-state index in [1.165, 1.54) is 93.7 Å². The van der Waals surface area contributed by atoms with Crippen molar-refractivity contribution in [2.45, 2.75) is 26.2 Å². The molecule has 3 heteroatoms. The van der Waals surface area contributed by atoms with Crippen LogP contribution in [0.4, 0.5) is 28.4 Å². The molecule has 12 aromatic rings. The summed E-state index contributed by atoms with van der Waals surface area (Å²) in [6, 6.07) is 83.1. The molecule has 2 heterocycles. The Morgan fingerprint density at radius 1 is 0.397 bits per heavy atom. The second kappa shape index (κ2) is 15.3. The molecule has 1 aliphatic rings. The summed E-state index contributed by atoms with van der Waals surface area (Å²) in [5, 5.41) is 5.06. The van der Waals surface area contributed by atoms with E-state index in [1.807, 2.05) is 0 Å². The summed E-state index contributed by atoms with van der Waals surface area (Å²) in [7, 11) is 2.17. The quantitative estimate of drug-likeness (QED) is 0.151. The predicted molar refractivity (Wildman–Crippen MR) is 289 cm³/mol. The van der Waals surface area contributed by atoms with Gasteiger partial charge in [-0.2, -0.15) is 0 Å². The van der Waals surface area contributed by atoms with Gasteiger partial charge in [-0.05, 0) is 124 Å². The Bertz CT molecular complexity index is 3880. The molecule has 0 spiro atoms. The molecule has 0 atom stereocenters. The van der Waals surface area contributed by atoms with Crippen LogP contribution in [0.15, 0.2) is 224 Å². The molecule has 0 bridgehead atoms.